The van der Waals surface area contributed by atoms with Gasteiger partial charge in [0.1, 0.15) is 0 Å². The number of sulfonamides is 1. The molecule has 0 atom stereocenters. The Labute approximate surface area is 169 Å². The van der Waals surface area contributed by atoms with Crippen LogP contribution >= 0.6 is 0 Å². The Morgan fingerprint density at radius 1 is 1.00 bits per heavy atom. The molecule has 1 aliphatic heterocycles. The van der Waals surface area contributed by atoms with E-state index in [2.05, 4.69) is 26.6 Å². The predicted molar refractivity (Wildman–Crippen MR) is 108 cm³/mol. The molecule has 2 aliphatic carbocycles. The van der Waals surface area contributed by atoms with Crippen molar-refractivity contribution in [1.29, 1.82) is 0 Å². The molecule has 2 aromatic rings. The van der Waals surface area contributed by atoms with Crippen molar-refractivity contribution in [3.8, 4) is 0 Å². The first-order valence-electron chi connectivity index (χ1n) is 9.90. The van der Waals surface area contributed by atoms with Crippen LogP contribution in [-0.4, -0.2) is 60.9 Å². The molecule has 0 amide bonds. The van der Waals surface area contributed by atoms with Crippen molar-refractivity contribution in [2.75, 3.05) is 29.9 Å². The smallest absolute Gasteiger partial charge is 0.278 e. The number of rotatable bonds is 4. The molecular weight excluding hydrogens is 414 g/mol. The highest BCUT2D eigenvalue weighted by Gasteiger charge is 2.34. The van der Waals surface area contributed by atoms with Gasteiger partial charge in [0.05, 0.1) is 11.5 Å². The summed E-state index contributed by atoms with van der Waals surface area (Å²) < 4.78 is 49.9. The van der Waals surface area contributed by atoms with Gasteiger partial charge in [-0.1, -0.05) is 6.07 Å². The normalized spacial score (nSPS) is 21.1. The summed E-state index contributed by atoms with van der Waals surface area (Å²) in [6.07, 6.45) is 6.40. The molecule has 2 heterocycles. The van der Waals surface area contributed by atoms with E-state index in [9.17, 15) is 16.8 Å². The first-order chi connectivity index (χ1) is 13.8. The number of aryl methyl sites for hydroxylation is 2. The van der Waals surface area contributed by atoms with Crippen molar-refractivity contribution >= 4 is 31.5 Å². The van der Waals surface area contributed by atoms with E-state index in [-0.39, 0.29) is 35.7 Å². The molecular formula is C18H23N5O4S2. The molecule has 1 aromatic carbocycles. The third-order valence-corrected chi connectivity index (χ3v) is 9.39. The topological polar surface area (TPSA) is 125 Å². The summed E-state index contributed by atoms with van der Waals surface area (Å²) in [6, 6.07) is 2.33. The second-order valence-corrected chi connectivity index (χ2v) is 12.0. The van der Waals surface area contributed by atoms with Crippen molar-refractivity contribution in [3.05, 3.63) is 28.3 Å². The van der Waals surface area contributed by atoms with Gasteiger partial charge in [-0.3, -0.25) is 0 Å². The highest BCUT2D eigenvalue weighted by Crippen LogP contribution is 2.39. The minimum atomic E-state index is -3.91. The highest BCUT2D eigenvalue weighted by atomic mass is 32.2. The number of nitrogens with one attached hydrogen (secondary N) is 2. The Bertz CT molecular complexity index is 1140. The lowest BCUT2D eigenvalue weighted by Gasteiger charge is -2.24. The van der Waals surface area contributed by atoms with Gasteiger partial charge < -0.3 is 5.32 Å². The molecule has 2 N–H and O–H groups in total. The average molecular weight is 438 g/mol. The average Bonchev–Trinajstić information content (AvgIpc) is 3.41. The van der Waals surface area contributed by atoms with Crippen LogP contribution in [0, 0.1) is 0 Å². The monoisotopic (exact) mass is 437 g/mol. The SMILES string of the molecule is O=S1(=O)CCN(S(=O)(=O)c2nc(Nc3c4c(cc5c3CCC5)CCC4)n[nH]2)CC1. The number of fused-ring (bicyclic) bond motifs is 2. The molecule has 1 fully saturated rings. The fraction of sp³-hybridized carbons (Fsp3) is 0.556. The third kappa shape index (κ3) is 3.34. The molecule has 1 saturated heterocycles. The van der Waals surface area contributed by atoms with Crippen LogP contribution in [0.5, 0.6) is 0 Å². The standard InChI is InChI=1S/C18H23N5O4S2/c24-28(25)9-7-23(8-10-28)29(26,27)18-20-17(21-22-18)19-16-14-5-1-3-12(14)11-13-4-2-6-15(13)16/h11H,1-10H2,(H2,19,20,21,22). The molecule has 0 spiro atoms. The van der Waals surface area contributed by atoms with Gasteiger partial charge in [-0.25, -0.2) is 21.9 Å². The first-order valence-corrected chi connectivity index (χ1v) is 13.2. The lowest BCUT2D eigenvalue weighted by molar-refractivity contribution is 0.426. The molecule has 1 aromatic heterocycles. The Hall–Kier alpha value is -1.98. The second-order valence-electron chi connectivity index (χ2n) is 7.88. The molecule has 29 heavy (non-hydrogen) atoms. The van der Waals surface area contributed by atoms with Gasteiger partial charge in [0.2, 0.25) is 5.95 Å². The maximum Gasteiger partial charge on any atom is 0.278 e. The van der Waals surface area contributed by atoms with Crippen molar-refractivity contribution in [1.82, 2.24) is 19.5 Å². The van der Waals surface area contributed by atoms with Gasteiger partial charge in [-0.15, -0.1) is 5.10 Å². The Kier molecular flexibility index (Phi) is 4.44. The molecule has 9 nitrogen and oxygen atoms in total. The van der Waals surface area contributed by atoms with Crippen molar-refractivity contribution in [2.24, 2.45) is 0 Å². The summed E-state index contributed by atoms with van der Waals surface area (Å²) in [6.45, 7) is -0.123. The fourth-order valence-corrected chi connectivity index (χ4v) is 7.26. The molecule has 0 radical (unpaired) electrons. The van der Waals surface area contributed by atoms with Gasteiger partial charge in [-0.05, 0) is 60.8 Å². The van der Waals surface area contributed by atoms with E-state index in [1.54, 1.807) is 0 Å². The van der Waals surface area contributed by atoms with Crippen LogP contribution in [-0.2, 0) is 45.5 Å². The zero-order valence-electron chi connectivity index (χ0n) is 15.9. The number of hydrogen-bond acceptors (Lipinski definition) is 7. The van der Waals surface area contributed by atoms with Crippen LogP contribution in [0.25, 0.3) is 0 Å². The van der Waals surface area contributed by atoms with E-state index in [4.69, 9.17) is 0 Å². The molecule has 3 aliphatic rings. The van der Waals surface area contributed by atoms with Gasteiger partial charge in [0.15, 0.2) is 9.84 Å². The summed E-state index contributed by atoms with van der Waals surface area (Å²) in [5.74, 6) is -0.121. The lowest BCUT2D eigenvalue weighted by Crippen LogP contribution is -2.43. The predicted octanol–water partition coefficient (Wildman–Crippen LogP) is 0.945. The van der Waals surface area contributed by atoms with Crippen LogP contribution in [0.3, 0.4) is 0 Å². The summed E-state index contributed by atoms with van der Waals surface area (Å²) in [7, 11) is -7.08. The zero-order valence-corrected chi connectivity index (χ0v) is 17.6. The quantitative estimate of drug-likeness (QED) is 0.729. The molecule has 0 unspecified atom stereocenters. The van der Waals surface area contributed by atoms with Crippen molar-refractivity contribution < 1.29 is 16.8 Å². The Morgan fingerprint density at radius 2 is 1.62 bits per heavy atom. The van der Waals surface area contributed by atoms with E-state index in [0.29, 0.717) is 0 Å². The van der Waals surface area contributed by atoms with Crippen LogP contribution in [0.2, 0.25) is 0 Å². The van der Waals surface area contributed by atoms with Gasteiger partial charge >= 0.3 is 0 Å². The number of aromatic nitrogens is 3. The van der Waals surface area contributed by atoms with E-state index >= 15 is 0 Å². The van der Waals surface area contributed by atoms with Crippen molar-refractivity contribution in [2.45, 2.75) is 43.7 Å². The number of aromatic amines is 1. The molecule has 156 valence electrons. The Balaban J connectivity index is 1.42. The summed E-state index contributed by atoms with van der Waals surface area (Å²) in [5.41, 5.74) is 6.36. The van der Waals surface area contributed by atoms with E-state index < -0.39 is 19.9 Å². The molecule has 0 saturated carbocycles. The number of anilines is 2. The van der Waals surface area contributed by atoms with E-state index in [1.807, 2.05) is 0 Å². The highest BCUT2D eigenvalue weighted by molar-refractivity contribution is 7.92. The van der Waals surface area contributed by atoms with Gasteiger partial charge in [0.25, 0.3) is 15.2 Å². The number of H-pyrrole nitrogens is 1. The lowest BCUT2D eigenvalue weighted by atomic mass is 9.99. The number of hydrogen-bond donors (Lipinski definition) is 2. The fourth-order valence-electron chi connectivity index (χ4n) is 4.56. The summed E-state index contributed by atoms with van der Waals surface area (Å²) in [4.78, 5) is 4.18. The zero-order chi connectivity index (χ0) is 20.2. The van der Waals surface area contributed by atoms with E-state index in [1.165, 1.54) is 22.3 Å². The van der Waals surface area contributed by atoms with Crippen LogP contribution in [0.15, 0.2) is 11.2 Å². The second kappa shape index (κ2) is 6.78. The third-order valence-electron chi connectivity index (χ3n) is 6.06. The van der Waals surface area contributed by atoms with Crippen LogP contribution < -0.4 is 5.32 Å². The van der Waals surface area contributed by atoms with Gasteiger partial charge in [0, 0.05) is 18.8 Å². The molecule has 11 heteroatoms. The maximum atomic E-state index is 12.8. The van der Waals surface area contributed by atoms with Crippen LogP contribution in [0.1, 0.15) is 35.1 Å². The van der Waals surface area contributed by atoms with Crippen LogP contribution in [0.4, 0.5) is 11.6 Å². The number of nitrogens with zero attached hydrogens (tertiary/aromatic N) is 3. The molecule has 5 rings (SSSR count). The maximum absolute atomic E-state index is 12.8. The van der Waals surface area contributed by atoms with Crippen molar-refractivity contribution in [3.63, 3.8) is 0 Å². The minimum Gasteiger partial charge on any atom is -0.322 e. The molecule has 0 bridgehead atoms. The Morgan fingerprint density at radius 3 is 2.24 bits per heavy atom. The largest absolute Gasteiger partial charge is 0.322 e. The summed E-state index contributed by atoms with van der Waals surface area (Å²) >= 11 is 0. The van der Waals surface area contributed by atoms with Gasteiger partial charge in [-0.2, -0.15) is 9.29 Å². The minimum absolute atomic E-state index is 0.0617. The van der Waals surface area contributed by atoms with E-state index in [0.717, 1.165) is 48.5 Å². The number of benzene rings is 1. The summed E-state index contributed by atoms with van der Waals surface area (Å²) in [5, 5.41) is 9.62. The first kappa shape index (κ1) is 19.0. The number of sulfone groups is 1.